The van der Waals surface area contributed by atoms with Crippen LogP contribution in [0.5, 0.6) is 0 Å². The van der Waals surface area contributed by atoms with Crippen LogP contribution in [0.15, 0.2) is 24.3 Å². The van der Waals surface area contributed by atoms with Gasteiger partial charge in [-0.25, -0.2) is 0 Å². The summed E-state index contributed by atoms with van der Waals surface area (Å²) in [4.78, 5) is 0. The second kappa shape index (κ2) is 6.80. The lowest BCUT2D eigenvalue weighted by Gasteiger charge is -2.22. The van der Waals surface area contributed by atoms with Crippen LogP contribution in [0, 0.1) is 5.92 Å². The zero-order valence-corrected chi connectivity index (χ0v) is 11.0. The van der Waals surface area contributed by atoms with Crippen molar-refractivity contribution in [1.29, 1.82) is 0 Å². The van der Waals surface area contributed by atoms with Crippen LogP contribution >= 0.6 is 0 Å². The minimum absolute atomic E-state index is 0.852. The summed E-state index contributed by atoms with van der Waals surface area (Å²) in [5.41, 5.74) is 3.01. The van der Waals surface area contributed by atoms with Gasteiger partial charge >= 0.3 is 0 Å². The Kier molecular flexibility index (Phi) is 5.06. The highest BCUT2D eigenvalue weighted by molar-refractivity contribution is 5.23. The zero-order chi connectivity index (χ0) is 11.9. The number of aryl methyl sites for hydroxylation is 1. The third-order valence-corrected chi connectivity index (χ3v) is 3.77. The summed E-state index contributed by atoms with van der Waals surface area (Å²) < 4.78 is 0. The number of piperidine rings is 1. The molecule has 17 heavy (non-hydrogen) atoms. The molecular weight excluding hydrogens is 206 g/mol. The molecule has 1 heteroatoms. The van der Waals surface area contributed by atoms with Crippen LogP contribution < -0.4 is 5.32 Å². The lowest BCUT2D eigenvalue weighted by atomic mass is 9.92. The molecule has 1 nitrogen and oxygen atoms in total. The smallest absolute Gasteiger partial charge is 0.00173 e. The van der Waals surface area contributed by atoms with Crippen molar-refractivity contribution in [2.24, 2.45) is 5.92 Å². The van der Waals surface area contributed by atoms with Gasteiger partial charge in [0, 0.05) is 0 Å². The molecule has 0 aliphatic carbocycles. The molecule has 1 unspecified atom stereocenters. The largest absolute Gasteiger partial charge is 0.316 e. The van der Waals surface area contributed by atoms with Crippen molar-refractivity contribution in [2.75, 3.05) is 13.1 Å². The van der Waals surface area contributed by atoms with E-state index in [0.29, 0.717) is 0 Å². The summed E-state index contributed by atoms with van der Waals surface area (Å²) in [6.45, 7) is 4.68. The summed E-state index contributed by atoms with van der Waals surface area (Å²) in [6, 6.07) is 9.31. The molecule has 1 heterocycles. The highest BCUT2D eigenvalue weighted by Gasteiger charge is 2.13. The van der Waals surface area contributed by atoms with E-state index in [2.05, 4.69) is 36.5 Å². The number of nitrogens with one attached hydrogen (secondary N) is 1. The van der Waals surface area contributed by atoms with Crippen molar-refractivity contribution in [2.45, 2.75) is 45.4 Å². The van der Waals surface area contributed by atoms with Gasteiger partial charge in [-0.2, -0.15) is 0 Å². The molecule has 1 aliphatic heterocycles. The minimum Gasteiger partial charge on any atom is -0.316 e. The Morgan fingerprint density at radius 2 is 1.94 bits per heavy atom. The molecule has 1 aliphatic rings. The minimum atomic E-state index is 0.852. The molecule has 1 aromatic carbocycles. The van der Waals surface area contributed by atoms with Crippen LogP contribution in [0.25, 0.3) is 0 Å². The highest BCUT2D eigenvalue weighted by atomic mass is 14.9. The number of hydrogen-bond acceptors (Lipinski definition) is 1. The predicted octanol–water partition coefficient (Wildman–Crippen LogP) is 3.57. The second-order valence-corrected chi connectivity index (χ2v) is 5.34. The van der Waals surface area contributed by atoms with Crippen LogP contribution in [-0.4, -0.2) is 13.1 Å². The summed E-state index contributed by atoms with van der Waals surface area (Å²) >= 11 is 0. The van der Waals surface area contributed by atoms with Gasteiger partial charge in [0.2, 0.25) is 0 Å². The summed E-state index contributed by atoms with van der Waals surface area (Å²) in [7, 11) is 0. The van der Waals surface area contributed by atoms with Crippen LogP contribution in [0.3, 0.4) is 0 Å². The molecule has 0 amide bonds. The SMILES string of the molecule is CCCCc1ccc(CC2CCCNC2)cc1. The Hall–Kier alpha value is -0.820. The molecule has 1 N–H and O–H groups in total. The van der Waals surface area contributed by atoms with Gasteiger partial charge < -0.3 is 5.32 Å². The third-order valence-electron chi connectivity index (χ3n) is 3.77. The molecule has 1 saturated heterocycles. The molecule has 2 rings (SSSR count). The summed E-state index contributed by atoms with van der Waals surface area (Å²) in [5.74, 6) is 0.852. The molecule has 0 radical (unpaired) electrons. The topological polar surface area (TPSA) is 12.0 Å². The molecule has 0 saturated carbocycles. The lowest BCUT2D eigenvalue weighted by Crippen LogP contribution is -2.30. The van der Waals surface area contributed by atoms with Crippen molar-refractivity contribution in [3.05, 3.63) is 35.4 Å². The predicted molar refractivity (Wildman–Crippen MR) is 74.4 cm³/mol. The van der Waals surface area contributed by atoms with E-state index in [9.17, 15) is 0 Å². The number of benzene rings is 1. The van der Waals surface area contributed by atoms with E-state index in [1.54, 1.807) is 0 Å². The molecule has 1 aromatic rings. The van der Waals surface area contributed by atoms with E-state index in [1.165, 1.54) is 62.7 Å². The summed E-state index contributed by atoms with van der Waals surface area (Å²) in [5, 5.41) is 3.49. The third kappa shape index (κ3) is 4.16. The Labute approximate surface area is 106 Å². The van der Waals surface area contributed by atoms with E-state index in [1.807, 2.05) is 0 Å². The fraction of sp³-hybridized carbons (Fsp3) is 0.625. The van der Waals surface area contributed by atoms with E-state index in [-0.39, 0.29) is 0 Å². The first-order valence-electron chi connectivity index (χ1n) is 7.17. The van der Waals surface area contributed by atoms with Crippen LogP contribution in [0.4, 0.5) is 0 Å². The van der Waals surface area contributed by atoms with Crippen LogP contribution in [-0.2, 0) is 12.8 Å². The molecule has 1 fully saturated rings. The first kappa shape index (κ1) is 12.6. The van der Waals surface area contributed by atoms with Gasteiger partial charge in [0.1, 0.15) is 0 Å². The van der Waals surface area contributed by atoms with Gasteiger partial charge in [-0.1, -0.05) is 37.6 Å². The van der Waals surface area contributed by atoms with E-state index in [0.717, 1.165) is 5.92 Å². The first-order chi connectivity index (χ1) is 8.38. The van der Waals surface area contributed by atoms with Crippen LogP contribution in [0.2, 0.25) is 0 Å². The molecular formula is C16H25N. The first-order valence-corrected chi connectivity index (χ1v) is 7.17. The van der Waals surface area contributed by atoms with Crippen LogP contribution in [0.1, 0.15) is 43.7 Å². The quantitative estimate of drug-likeness (QED) is 0.817. The van der Waals surface area contributed by atoms with E-state index in [4.69, 9.17) is 0 Å². The monoisotopic (exact) mass is 231 g/mol. The standard InChI is InChI=1S/C16H25N/c1-2-3-5-14-7-9-15(10-8-14)12-16-6-4-11-17-13-16/h7-10,16-17H,2-6,11-13H2,1H3. The Balaban J connectivity index is 1.84. The maximum absolute atomic E-state index is 3.49. The number of rotatable bonds is 5. The zero-order valence-electron chi connectivity index (χ0n) is 11.0. The van der Waals surface area contributed by atoms with Crippen molar-refractivity contribution in [1.82, 2.24) is 5.32 Å². The summed E-state index contributed by atoms with van der Waals surface area (Å²) in [6.07, 6.45) is 7.83. The van der Waals surface area contributed by atoms with Gasteiger partial charge in [-0.05, 0) is 62.2 Å². The molecule has 0 aromatic heterocycles. The van der Waals surface area contributed by atoms with Gasteiger partial charge in [0.05, 0.1) is 0 Å². The van der Waals surface area contributed by atoms with Crippen molar-refractivity contribution < 1.29 is 0 Å². The van der Waals surface area contributed by atoms with Gasteiger partial charge in [0.15, 0.2) is 0 Å². The van der Waals surface area contributed by atoms with E-state index < -0.39 is 0 Å². The highest BCUT2D eigenvalue weighted by Crippen LogP contribution is 2.17. The fourth-order valence-electron chi connectivity index (χ4n) is 2.65. The second-order valence-electron chi connectivity index (χ2n) is 5.34. The normalized spacial score (nSPS) is 20.4. The molecule has 0 bridgehead atoms. The van der Waals surface area contributed by atoms with Crippen molar-refractivity contribution in [3.8, 4) is 0 Å². The molecule has 94 valence electrons. The lowest BCUT2D eigenvalue weighted by molar-refractivity contribution is 0.376. The van der Waals surface area contributed by atoms with Gasteiger partial charge in [0.25, 0.3) is 0 Å². The maximum Gasteiger partial charge on any atom is -0.00173 e. The maximum atomic E-state index is 3.49. The van der Waals surface area contributed by atoms with Crippen molar-refractivity contribution in [3.63, 3.8) is 0 Å². The molecule has 0 spiro atoms. The Morgan fingerprint density at radius 3 is 2.59 bits per heavy atom. The van der Waals surface area contributed by atoms with E-state index >= 15 is 0 Å². The Bertz CT molecular complexity index is 309. The number of hydrogen-bond donors (Lipinski definition) is 1. The number of unbranched alkanes of at least 4 members (excludes halogenated alkanes) is 1. The van der Waals surface area contributed by atoms with Gasteiger partial charge in [-0.3, -0.25) is 0 Å². The average Bonchev–Trinajstić information content (AvgIpc) is 2.39. The van der Waals surface area contributed by atoms with Gasteiger partial charge in [-0.15, -0.1) is 0 Å². The average molecular weight is 231 g/mol. The molecule has 1 atom stereocenters. The Morgan fingerprint density at radius 1 is 1.18 bits per heavy atom. The fourth-order valence-corrected chi connectivity index (χ4v) is 2.65. The van der Waals surface area contributed by atoms with Crippen molar-refractivity contribution >= 4 is 0 Å².